The summed E-state index contributed by atoms with van der Waals surface area (Å²) in [6, 6.07) is 3.40. The fraction of sp³-hybridized carbons (Fsp3) is 0.333. The number of anilines is 1. The number of imide groups is 1. The van der Waals surface area contributed by atoms with Crippen LogP contribution in [0, 0.1) is 0 Å². The van der Waals surface area contributed by atoms with Crippen molar-refractivity contribution in [1.29, 1.82) is 0 Å². The smallest absolute Gasteiger partial charge is 0.247 e. The molecule has 1 atom stereocenters. The molecule has 114 valence electrons. The van der Waals surface area contributed by atoms with Gasteiger partial charge in [-0.05, 0) is 24.6 Å². The van der Waals surface area contributed by atoms with Gasteiger partial charge >= 0.3 is 0 Å². The minimum Gasteiger partial charge on any atom is -0.398 e. The molecular formula is C12H14BrN3O4S. The van der Waals surface area contributed by atoms with Gasteiger partial charge in [-0.25, -0.2) is 8.42 Å². The van der Waals surface area contributed by atoms with Crippen LogP contribution < -0.4 is 10.5 Å². The summed E-state index contributed by atoms with van der Waals surface area (Å²) in [6.45, 7) is 0. The largest absolute Gasteiger partial charge is 0.398 e. The van der Waals surface area contributed by atoms with Gasteiger partial charge in [-0.15, -0.1) is 0 Å². The second kappa shape index (κ2) is 5.74. The van der Waals surface area contributed by atoms with E-state index in [1.807, 2.05) is 0 Å². The maximum atomic E-state index is 12.3. The van der Waals surface area contributed by atoms with E-state index < -0.39 is 22.0 Å². The van der Waals surface area contributed by atoms with E-state index in [0.717, 1.165) is 4.90 Å². The summed E-state index contributed by atoms with van der Waals surface area (Å²) in [4.78, 5) is 24.1. The molecule has 1 heterocycles. The highest BCUT2D eigenvalue weighted by Gasteiger charge is 2.35. The molecule has 1 saturated heterocycles. The van der Waals surface area contributed by atoms with Crippen LogP contribution in [0.5, 0.6) is 0 Å². The molecule has 7 nitrogen and oxygen atoms in total. The highest BCUT2D eigenvalue weighted by Crippen LogP contribution is 2.23. The number of benzene rings is 1. The van der Waals surface area contributed by atoms with E-state index >= 15 is 0 Å². The van der Waals surface area contributed by atoms with Crippen LogP contribution in [0.3, 0.4) is 0 Å². The number of sulfonamides is 1. The molecule has 3 N–H and O–H groups in total. The molecule has 9 heteroatoms. The predicted octanol–water partition coefficient (Wildman–Crippen LogP) is 0.457. The Kier molecular flexibility index (Phi) is 4.35. The molecule has 0 bridgehead atoms. The van der Waals surface area contributed by atoms with Crippen molar-refractivity contribution in [2.45, 2.75) is 23.8 Å². The average Bonchev–Trinajstić information content (AvgIpc) is 2.39. The normalized spacial score (nSPS) is 19.9. The SMILES string of the molecule is CN1C(=O)CCC(NS(=O)(=O)c2ccc(Br)cc2N)C1=O. The number of hydrogen-bond donors (Lipinski definition) is 2. The zero-order valence-corrected chi connectivity index (χ0v) is 13.6. The van der Waals surface area contributed by atoms with Gasteiger partial charge in [0.15, 0.2) is 0 Å². The number of likely N-dealkylation sites (tertiary alicyclic amines) is 1. The first-order valence-electron chi connectivity index (χ1n) is 6.10. The van der Waals surface area contributed by atoms with Crippen LogP contribution in [0.25, 0.3) is 0 Å². The van der Waals surface area contributed by atoms with Gasteiger partial charge < -0.3 is 5.73 Å². The second-order valence-corrected chi connectivity index (χ2v) is 7.28. The van der Waals surface area contributed by atoms with Crippen LogP contribution in [-0.4, -0.2) is 38.2 Å². The van der Waals surface area contributed by atoms with Crippen LogP contribution in [-0.2, 0) is 19.6 Å². The summed E-state index contributed by atoms with van der Waals surface area (Å²) < 4.78 is 27.6. The van der Waals surface area contributed by atoms with Crippen molar-refractivity contribution < 1.29 is 18.0 Å². The van der Waals surface area contributed by atoms with Gasteiger partial charge in [0, 0.05) is 17.9 Å². The Balaban J connectivity index is 2.25. The molecule has 1 aromatic carbocycles. The third-order valence-electron chi connectivity index (χ3n) is 3.21. The summed E-state index contributed by atoms with van der Waals surface area (Å²) >= 11 is 3.19. The Hall–Kier alpha value is -1.45. The van der Waals surface area contributed by atoms with Crippen molar-refractivity contribution >= 4 is 43.5 Å². The van der Waals surface area contributed by atoms with Gasteiger partial charge in [0.1, 0.15) is 10.9 Å². The Morgan fingerprint density at radius 2 is 2.05 bits per heavy atom. The zero-order chi connectivity index (χ0) is 15.8. The molecule has 0 spiro atoms. The molecule has 0 aromatic heterocycles. The Bertz CT molecular complexity index is 704. The van der Waals surface area contributed by atoms with E-state index in [4.69, 9.17) is 5.73 Å². The average molecular weight is 376 g/mol. The van der Waals surface area contributed by atoms with Gasteiger partial charge in [0.05, 0.1) is 5.69 Å². The first kappa shape index (κ1) is 15.9. The van der Waals surface area contributed by atoms with Crippen molar-refractivity contribution in [1.82, 2.24) is 9.62 Å². The highest BCUT2D eigenvalue weighted by atomic mass is 79.9. The van der Waals surface area contributed by atoms with Gasteiger partial charge in [-0.2, -0.15) is 4.72 Å². The van der Waals surface area contributed by atoms with E-state index in [-0.39, 0.29) is 29.3 Å². The lowest BCUT2D eigenvalue weighted by atomic mass is 10.1. The molecule has 1 aliphatic rings. The fourth-order valence-corrected chi connectivity index (χ4v) is 3.76. The molecule has 1 aromatic rings. The summed E-state index contributed by atoms with van der Waals surface area (Å²) in [6.07, 6.45) is 0.253. The van der Waals surface area contributed by atoms with Crippen molar-refractivity contribution in [3.8, 4) is 0 Å². The molecule has 2 amide bonds. The number of halogens is 1. The van der Waals surface area contributed by atoms with Crippen LogP contribution in [0.4, 0.5) is 5.69 Å². The topological polar surface area (TPSA) is 110 Å². The van der Waals surface area contributed by atoms with E-state index in [2.05, 4.69) is 20.7 Å². The minimum atomic E-state index is -3.94. The monoisotopic (exact) mass is 375 g/mol. The van der Waals surface area contributed by atoms with Crippen molar-refractivity contribution in [2.75, 3.05) is 12.8 Å². The molecule has 0 aliphatic carbocycles. The first-order valence-corrected chi connectivity index (χ1v) is 8.38. The second-order valence-electron chi connectivity index (χ2n) is 4.69. The van der Waals surface area contributed by atoms with Crippen LogP contribution in [0.2, 0.25) is 0 Å². The number of nitrogens with zero attached hydrogens (tertiary/aromatic N) is 1. The highest BCUT2D eigenvalue weighted by molar-refractivity contribution is 9.10. The third-order valence-corrected chi connectivity index (χ3v) is 5.25. The molecule has 0 radical (unpaired) electrons. The number of carbonyl (C=O) groups excluding carboxylic acids is 2. The number of nitrogens with one attached hydrogen (secondary N) is 1. The Morgan fingerprint density at radius 1 is 1.38 bits per heavy atom. The van der Waals surface area contributed by atoms with E-state index in [9.17, 15) is 18.0 Å². The third kappa shape index (κ3) is 3.25. The van der Waals surface area contributed by atoms with E-state index in [1.165, 1.54) is 19.2 Å². The Morgan fingerprint density at radius 3 is 2.67 bits per heavy atom. The molecule has 0 saturated carbocycles. The quantitative estimate of drug-likeness (QED) is 0.588. The lowest BCUT2D eigenvalue weighted by molar-refractivity contribution is -0.147. The standard InChI is InChI=1S/C12H14BrN3O4S/c1-16-11(17)5-3-9(12(16)18)15-21(19,20)10-4-2-7(13)6-8(10)14/h2,4,6,9,15H,3,5,14H2,1H3. The number of piperidine rings is 1. The number of nitrogens with two attached hydrogens (primary N) is 1. The number of nitrogen functional groups attached to an aromatic ring is 1. The number of rotatable bonds is 3. The van der Waals surface area contributed by atoms with Gasteiger partial charge in [0.2, 0.25) is 21.8 Å². The molecule has 1 unspecified atom stereocenters. The molecule has 2 rings (SSSR count). The Labute approximate surface area is 130 Å². The van der Waals surface area contributed by atoms with Crippen molar-refractivity contribution in [2.24, 2.45) is 0 Å². The van der Waals surface area contributed by atoms with Gasteiger partial charge in [-0.3, -0.25) is 14.5 Å². The van der Waals surface area contributed by atoms with Crippen LogP contribution in [0.15, 0.2) is 27.6 Å². The molecule has 1 aliphatic heterocycles. The maximum absolute atomic E-state index is 12.3. The lowest BCUT2D eigenvalue weighted by Gasteiger charge is -2.28. The molecule has 21 heavy (non-hydrogen) atoms. The zero-order valence-electron chi connectivity index (χ0n) is 11.2. The molecule has 1 fully saturated rings. The number of amides is 2. The minimum absolute atomic E-state index is 0.0737. The van der Waals surface area contributed by atoms with Crippen LogP contribution in [0.1, 0.15) is 12.8 Å². The predicted molar refractivity (Wildman–Crippen MR) is 79.7 cm³/mol. The van der Waals surface area contributed by atoms with Crippen molar-refractivity contribution in [3.05, 3.63) is 22.7 Å². The molecular weight excluding hydrogens is 362 g/mol. The number of carbonyl (C=O) groups is 2. The fourth-order valence-electron chi connectivity index (χ4n) is 2.04. The number of likely N-dealkylation sites (N-methyl/N-ethyl adjacent to an activating group) is 1. The maximum Gasteiger partial charge on any atom is 0.247 e. The van der Waals surface area contributed by atoms with E-state index in [0.29, 0.717) is 4.47 Å². The summed E-state index contributed by atoms with van der Waals surface area (Å²) in [5.41, 5.74) is 5.77. The van der Waals surface area contributed by atoms with Gasteiger partial charge in [-0.1, -0.05) is 15.9 Å². The van der Waals surface area contributed by atoms with Crippen molar-refractivity contribution in [3.63, 3.8) is 0 Å². The van der Waals surface area contributed by atoms with Gasteiger partial charge in [0.25, 0.3) is 0 Å². The summed E-state index contributed by atoms with van der Waals surface area (Å²) in [5, 5.41) is 0. The van der Waals surface area contributed by atoms with Crippen LogP contribution >= 0.6 is 15.9 Å². The van der Waals surface area contributed by atoms with E-state index in [1.54, 1.807) is 6.07 Å². The first-order chi connectivity index (χ1) is 9.72. The lowest BCUT2D eigenvalue weighted by Crippen LogP contribution is -2.52. The summed E-state index contributed by atoms with van der Waals surface area (Å²) in [7, 11) is -2.60. The number of hydrogen-bond acceptors (Lipinski definition) is 5. The summed E-state index contributed by atoms with van der Waals surface area (Å²) in [5.74, 6) is -0.885.